The van der Waals surface area contributed by atoms with Gasteiger partial charge < -0.3 is 20.7 Å². The van der Waals surface area contributed by atoms with Gasteiger partial charge in [0.2, 0.25) is 11.8 Å². The first-order chi connectivity index (χ1) is 11.5. The average molecular weight is 331 g/mol. The standard InChI is InChI=1S/C17H21N3O4/c18-16(22)12-2-1-7-20(10-12)13-5-3-11(4-6-13)17(23)24-14-8-15(21)19-9-14/h3-6,12,14H,1-2,7-10H2,(H2,18,22)(H,19,21). The van der Waals surface area contributed by atoms with Gasteiger partial charge in [0.1, 0.15) is 6.10 Å². The van der Waals surface area contributed by atoms with E-state index in [1.54, 1.807) is 12.1 Å². The third-order valence-corrected chi connectivity index (χ3v) is 4.51. The number of piperidine rings is 1. The number of esters is 1. The van der Waals surface area contributed by atoms with E-state index < -0.39 is 12.1 Å². The van der Waals surface area contributed by atoms with Gasteiger partial charge in [-0.3, -0.25) is 9.59 Å². The number of nitrogens with one attached hydrogen (secondary N) is 1. The van der Waals surface area contributed by atoms with Crippen molar-refractivity contribution in [1.82, 2.24) is 5.32 Å². The predicted molar refractivity (Wildman–Crippen MR) is 87.4 cm³/mol. The van der Waals surface area contributed by atoms with Gasteiger partial charge in [0.05, 0.1) is 24.4 Å². The van der Waals surface area contributed by atoms with Crippen molar-refractivity contribution in [3.63, 3.8) is 0 Å². The van der Waals surface area contributed by atoms with E-state index in [0.717, 1.165) is 25.1 Å². The molecule has 7 nitrogen and oxygen atoms in total. The maximum absolute atomic E-state index is 12.1. The molecule has 0 bridgehead atoms. The van der Waals surface area contributed by atoms with Gasteiger partial charge in [-0.1, -0.05) is 0 Å². The van der Waals surface area contributed by atoms with Gasteiger partial charge in [0, 0.05) is 18.8 Å². The SMILES string of the molecule is NC(=O)C1CCCN(c2ccc(C(=O)OC3CNC(=O)C3)cc2)C1. The molecule has 7 heteroatoms. The van der Waals surface area contributed by atoms with Crippen LogP contribution in [-0.2, 0) is 14.3 Å². The molecule has 0 saturated carbocycles. The highest BCUT2D eigenvalue weighted by Crippen LogP contribution is 2.23. The second-order valence-corrected chi connectivity index (χ2v) is 6.27. The van der Waals surface area contributed by atoms with Crippen LogP contribution in [0.1, 0.15) is 29.6 Å². The van der Waals surface area contributed by atoms with Crippen molar-refractivity contribution in [2.45, 2.75) is 25.4 Å². The molecule has 3 rings (SSSR count). The summed E-state index contributed by atoms with van der Waals surface area (Å²) in [6.45, 7) is 1.84. The Balaban J connectivity index is 1.61. The number of carbonyl (C=O) groups excluding carboxylic acids is 3. The van der Waals surface area contributed by atoms with Crippen LogP contribution in [0.2, 0.25) is 0 Å². The number of nitrogens with zero attached hydrogens (tertiary/aromatic N) is 1. The average Bonchev–Trinajstić information content (AvgIpc) is 3.00. The van der Waals surface area contributed by atoms with Gasteiger partial charge in [-0.2, -0.15) is 0 Å². The van der Waals surface area contributed by atoms with Crippen LogP contribution in [0, 0.1) is 5.92 Å². The van der Waals surface area contributed by atoms with Crippen molar-refractivity contribution in [1.29, 1.82) is 0 Å². The minimum Gasteiger partial charge on any atom is -0.456 e. The fourth-order valence-corrected chi connectivity index (χ4v) is 3.13. The zero-order valence-corrected chi connectivity index (χ0v) is 13.4. The van der Waals surface area contributed by atoms with Crippen molar-refractivity contribution in [3.05, 3.63) is 29.8 Å². The normalized spacial score (nSPS) is 23.7. The summed E-state index contributed by atoms with van der Waals surface area (Å²) in [6.07, 6.45) is 1.56. The van der Waals surface area contributed by atoms with Crippen molar-refractivity contribution < 1.29 is 19.1 Å². The van der Waals surface area contributed by atoms with E-state index in [1.165, 1.54) is 0 Å². The third kappa shape index (κ3) is 3.67. The Morgan fingerprint density at radius 1 is 1.25 bits per heavy atom. The number of primary amides is 1. The molecule has 2 saturated heterocycles. The smallest absolute Gasteiger partial charge is 0.338 e. The van der Waals surface area contributed by atoms with Crippen LogP contribution in [0.15, 0.2) is 24.3 Å². The lowest BCUT2D eigenvalue weighted by atomic mass is 9.97. The maximum atomic E-state index is 12.1. The number of ether oxygens (including phenoxy) is 1. The van der Waals surface area contributed by atoms with Crippen LogP contribution in [0.25, 0.3) is 0 Å². The Hall–Kier alpha value is -2.57. The first-order valence-electron chi connectivity index (χ1n) is 8.15. The van der Waals surface area contributed by atoms with E-state index in [4.69, 9.17) is 10.5 Å². The van der Waals surface area contributed by atoms with Gasteiger partial charge in [0.25, 0.3) is 0 Å². The summed E-state index contributed by atoms with van der Waals surface area (Å²) < 4.78 is 5.30. The van der Waals surface area contributed by atoms with Crippen LogP contribution in [0.5, 0.6) is 0 Å². The van der Waals surface area contributed by atoms with Crippen LogP contribution in [0.3, 0.4) is 0 Å². The van der Waals surface area contributed by atoms with Crippen LogP contribution >= 0.6 is 0 Å². The highest BCUT2D eigenvalue weighted by Gasteiger charge is 2.26. The summed E-state index contributed by atoms with van der Waals surface area (Å²) in [5, 5.41) is 2.63. The van der Waals surface area contributed by atoms with Crippen LogP contribution in [0.4, 0.5) is 5.69 Å². The Morgan fingerprint density at radius 2 is 2.00 bits per heavy atom. The molecule has 24 heavy (non-hydrogen) atoms. The number of amides is 2. The van der Waals surface area contributed by atoms with E-state index >= 15 is 0 Å². The minimum absolute atomic E-state index is 0.0998. The number of anilines is 1. The van der Waals surface area contributed by atoms with Gasteiger partial charge in [-0.25, -0.2) is 4.79 Å². The molecule has 2 atom stereocenters. The van der Waals surface area contributed by atoms with E-state index in [9.17, 15) is 14.4 Å². The highest BCUT2D eigenvalue weighted by molar-refractivity contribution is 5.90. The highest BCUT2D eigenvalue weighted by atomic mass is 16.5. The molecule has 2 heterocycles. The molecule has 2 aliphatic heterocycles. The second kappa shape index (κ2) is 6.90. The molecule has 0 aromatic heterocycles. The van der Waals surface area contributed by atoms with E-state index in [1.807, 2.05) is 12.1 Å². The third-order valence-electron chi connectivity index (χ3n) is 4.51. The lowest BCUT2D eigenvalue weighted by molar-refractivity contribution is -0.122. The zero-order chi connectivity index (χ0) is 17.1. The van der Waals surface area contributed by atoms with Gasteiger partial charge in [0.15, 0.2) is 0 Å². The van der Waals surface area contributed by atoms with E-state index in [2.05, 4.69) is 10.2 Å². The molecular formula is C17H21N3O4. The fourth-order valence-electron chi connectivity index (χ4n) is 3.13. The van der Waals surface area contributed by atoms with E-state index in [0.29, 0.717) is 18.7 Å². The molecule has 1 aromatic carbocycles. The Labute approximate surface area is 140 Å². The van der Waals surface area contributed by atoms with E-state index in [-0.39, 0.29) is 24.2 Å². The topological polar surface area (TPSA) is 102 Å². The van der Waals surface area contributed by atoms with Crippen LogP contribution in [-0.4, -0.2) is 43.5 Å². The van der Waals surface area contributed by atoms with Gasteiger partial charge >= 0.3 is 5.97 Å². The first-order valence-corrected chi connectivity index (χ1v) is 8.15. The molecule has 2 unspecified atom stereocenters. The quantitative estimate of drug-likeness (QED) is 0.779. The summed E-state index contributed by atoms with van der Waals surface area (Å²) in [4.78, 5) is 36.7. The number of hydrogen-bond donors (Lipinski definition) is 2. The molecular weight excluding hydrogens is 310 g/mol. The second-order valence-electron chi connectivity index (χ2n) is 6.27. The number of hydrogen-bond acceptors (Lipinski definition) is 5. The maximum Gasteiger partial charge on any atom is 0.338 e. The number of rotatable bonds is 4. The molecule has 3 N–H and O–H groups in total. The van der Waals surface area contributed by atoms with Gasteiger partial charge in [-0.15, -0.1) is 0 Å². The summed E-state index contributed by atoms with van der Waals surface area (Å²) >= 11 is 0. The number of nitrogens with two attached hydrogens (primary N) is 1. The molecule has 2 amide bonds. The van der Waals surface area contributed by atoms with Crippen molar-refractivity contribution in [3.8, 4) is 0 Å². The number of benzene rings is 1. The van der Waals surface area contributed by atoms with Crippen molar-refractivity contribution in [2.75, 3.05) is 24.5 Å². The molecule has 2 fully saturated rings. The summed E-state index contributed by atoms with van der Waals surface area (Å²) in [5.74, 6) is -0.927. The Kier molecular flexibility index (Phi) is 4.69. The summed E-state index contributed by atoms with van der Waals surface area (Å²) in [7, 11) is 0. The lowest BCUT2D eigenvalue weighted by Gasteiger charge is -2.33. The predicted octanol–water partition coefficient (Wildman–Crippen LogP) is 0.434. The molecule has 0 radical (unpaired) electrons. The molecule has 0 spiro atoms. The zero-order valence-electron chi connectivity index (χ0n) is 13.4. The Bertz CT molecular complexity index is 644. The summed E-state index contributed by atoms with van der Waals surface area (Å²) in [6, 6.07) is 7.10. The molecule has 128 valence electrons. The van der Waals surface area contributed by atoms with Crippen LogP contribution < -0.4 is 16.0 Å². The largest absolute Gasteiger partial charge is 0.456 e. The molecule has 2 aliphatic rings. The minimum atomic E-state index is -0.434. The summed E-state index contributed by atoms with van der Waals surface area (Å²) in [5.41, 5.74) is 6.80. The Morgan fingerprint density at radius 3 is 2.62 bits per heavy atom. The lowest BCUT2D eigenvalue weighted by Crippen LogP contribution is -2.41. The monoisotopic (exact) mass is 331 g/mol. The van der Waals surface area contributed by atoms with Gasteiger partial charge in [-0.05, 0) is 37.1 Å². The molecule has 0 aliphatic carbocycles. The van der Waals surface area contributed by atoms with Crippen molar-refractivity contribution >= 4 is 23.5 Å². The molecule has 1 aromatic rings. The van der Waals surface area contributed by atoms with Crippen molar-refractivity contribution in [2.24, 2.45) is 11.7 Å². The number of carbonyl (C=O) groups is 3. The first kappa shape index (κ1) is 16.3. The fraction of sp³-hybridized carbons (Fsp3) is 0.471.